The van der Waals surface area contributed by atoms with Gasteiger partial charge in [-0.1, -0.05) is 6.07 Å². The zero-order valence-electron chi connectivity index (χ0n) is 16.5. The molecule has 4 rings (SSSR count). The monoisotopic (exact) mass is 394 g/mol. The van der Waals surface area contributed by atoms with Crippen molar-refractivity contribution >= 4 is 11.4 Å². The van der Waals surface area contributed by atoms with Crippen molar-refractivity contribution < 1.29 is 14.1 Å². The highest BCUT2D eigenvalue weighted by Gasteiger charge is 2.28. The van der Waals surface area contributed by atoms with Gasteiger partial charge in [0.1, 0.15) is 11.5 Å². The summed E-state index contributed by atoms with van der Waals surface area (Å²) in [5.74, 6) is -0.217. The molecule has 1 aliphatic rings. The van der Waals surface area contributed by atoms with Crippen molar-refractivity contribution in [3.8, 4) is 0 Å². The molecule has 1 aliphatic heterocycles. The Bertz CT molecular complexity index is 1080. The van der Waals surface area contributed by atoms with Gasteiger partial charge in [-0.25, -0.2) is 9.37 Å². The van der Waals surface area contributed by atoms with E-state index < -0.39 is 0 Å². The molecular formula is C23H25FN3O2+. The predicted molar refractivity (Wildman–Crippen MR) is 109 cm³/mol. The summed E-state index contributed by atoms with van der Waals surface area (Å²) in [4.78, 5) is 31.4. The van der Waals surface area contributed by atoms with Crippen LogP contribution >= 0.6 is 0 Å². The van der Waals surface area contributed by atoms with Gasteiger partial charge in [-0.05, 0) is 43.3 Å². The molecule has 1 N–H and O–H groups in total. The maximum Gasteiger partial charge on any atom is 0.261 e. The lowest BCUT2D eigenvalue weighted by molar-refractivity contribution is -0.905. The van der Waals surface area contributed by atoms with E-state index in [0.29, 0.717) is 17.6 Å². The van der Waals surface area contributed by atoms with E-state index in [9.17, 15) is 14.0 Å². The van der Waals surface area contributed by atoms with Crippen molar-refractivity contribution in [2.75, 3.05) is 19.6 Å². The molecule has 0 amide bonds. The SMILES string of the molecule is Cc1nc2ccccn2c(=O)c1CC[NH+]1CCC(C(=O)c2ccc(F)cc2)CC1. The van der Waals surface area contributed by atoms with Gasteiger partial charge in [0.05, 0.1) is 19.6 Å². The van der Waals surface area contributed by atoms with Crippen molar-refractivity contribution in [2.45, 2.75) is 26.2 Å². The zero-order chi connectivity index (χ0) is 20.4. The second-order valence-corrected chi connectivity index (χ2v) is 7.81. The fourth-order valence-electron chi connectivity index (χ4n) is 4.21. The van der Waals surface area contributed by atoms with Crippen molar-refractivity contribution in [1.29, 1.82) is 0 Å². The van der Waals surface area contributed by atoms with Gasteiger partial charge >= 0.3 is 0 Å². The number of carbonyl (C=O) groups excluding carboxylic acids is 1. The lowest BCUT2D eigenvalue weighted by Gasteiger charge is -2.28. The summed E-state index contributed by atoms with van der Waals surface area (Å²) in [6.07, 6.45) is 4.08. The summed E-state index contributed by atoms with van der Waals surface area (Å²) < 4.78 is 14.7. The topological polar surface area (TPSA) is 55.9 Å². The van der Waals surface area contributed by atoms with E-state index in [-0.39, 0.29) is 23.1 Å². The highest BCUT2D eigenvalue weighted by molar-refractivity contribution is 5.97. The van der Waals surface area contributed by atoms with Crippen molar-refractivity contribution in [1.82, 2.24) is 9.38 Å². The van der Waals surface area contributed by atoms with Gasteiger partial charge in [-0.15, -0.1) is 0 Å². The quantitative estimate of drug-likeness (QED) is 0.672. The van der Waals surface area contributed by atoms with Crippen molar-refractivity contribution in [3.63, 3.8) is 0 Å². The number of likely N-dealkylation sites (tertiary alicyclic amines) is 1. The van der Waals surface area contributed by atoms with Gasteiger partial charge in [0.2, 0.25) is 0 Å². The number of piperidine rings is 1. The number of hydrogen-bond acceptors (Lipinski definition) is 3. The number of hydrogen-bond donors (Lipinski definition) is 1. The number of carbonyl (C=O) groups is 1. The van der Waals surface area contributed by atoms with Gasteiger partial charge in [0, 0.05) is 48.2 Å². The number of benzene rings is 1. The van der Waals surface area contributed by atoms with Crippen LogP contribution in [0.3, 0.4) is 0 Å². The van der Waals surface area contributed by atoms with E-state index in [0.717, 1.165) is 43.7 Å². The molecule has 1 saturated heterocycles. The third kappa shape index (κ3) is 4.12. The third-order valence-electron chi connectivity index (χ3n) is 5.96. The average molecular weight is 394 g/mol. The van der Waals surface area contributed by atoms with Gasteiger partial charge in [-0.3, -0.25) is 14.0 Å². The Kier molecular flexibility index (Phi) is 5.53. The van der Waals surface area contributed by atoms with Crippen LogP contribution in [0.25, 0.3) is 5.65 Å². The highest BCUT2D eigenvalue weighted by atomic mass is 19.1. The van der Waals surface area contributed by atoms with Crippen LogP contribution in [0, 0.1) is 18.7 Å². The Hall–Kier alpha value is -2.86. The molecular weight excluding hydrogens is 369 g/mol. The van der Waals surface area contributed by atoms with Crippen LogP contribution < -0.4 is 10.5 Å². The number of rotatable bonds is 5. The van der Waals surface area contributed by atoms with Crippen LogP contribution in [0.4, 0.5) is 4.39 Å². The highest BCUT2D eigenvalue weighted by Crippen LogP contribution is 2.17. The Morgan fingerprint density at radius 2 is 1.90 bits per heavy atom. The lowest BCUT2D eigenvalue weighted by Crippen LogP contribution is -3.13. The molecule has 0 saturated carbocycles. The van der Waals surface area contributed by atoms with Crippen LogP contribution in [0.5, 0.6) is 0 Å². The molecule has 3 aromatic rings. The van der Waals surface area contributed by atoms with Crippen LogP contribution in [-0.4, -0.2) is 34.8 Å². The number of fused-ring (bicyclic) bond motifs is 1. The van der Waals surface area contributed by atoms with Crippen LogP contribution in [-0.2, 0) is 6.42 Å². The Morgan fingerprint density at radius 3 is 2.62 bits per heavy atom. The molecule has 0 bridgehead atoms. The van der Waals surface area contributed by atoms with E-state index in [2.05, 4.69) is 4.98 Å². The minimum absolute atomic E-state index is 0.00101. The zero-order valence-corrected chi connectivity index (χ0v) is 16.5. The molecule has 3 heterocycles. The van der Waals surface area contributed by atoms with Gasteiger partial charge in [0.25, 0.3) is 5.56 Å². The fourth-order valence-corrected chi connectivity index (χ4v) is 4.21. The van der Waals surface area contributed by atoms with E-state index in [4.69, 9.17) is 0 Å². The molecule has 150 valence electrons. The molecule has 6 heteroatoms. The molecule has 0 unspecified atom stereocenters. The van der Waals surface area contributed by atoms with Gasteiger partial charge < -0.3 is 4.90 Å². The maximum absolute atomic E-state index is 13.1. The molecule has 1 fully saturated rings. The van der Waals surface area contributed by atoms with Crippen molar-refractivity contribution in [3.05, 3.63) is 81.7 Å². The summed E-state index contributed by atoms with van der Waals surface area (Å²) in [6.45, 7) is 4.55. The number of ketones is 1. The van der Waals surface area contributed by atoms with Crippen LogP contribution in [0.15, 0.2) is 53.5 Å². The number of halogens is 1. The van der Waals surface area contributed by atoms with Crippen LogP contribution in [0.1, 0.15) is 34.5 Å². The average Bonchev–Trinajstić information content (AvgIpc) is 2.74. The minimum atomic E-state index is -0.324. The summed E-state index contributed by atoms with van der Waals surface area (Å²) >= 11 is 0. The summed E-state index contributed by atoms with van der Waals surface area (Å²) in [5, 5.41) is 0. The Labute approximate surface area is 168 Å². The molecule has 0 atom stereocenters. The molecule has 5 nitrogen and oxygen atoms in total. The summed E-state index contributed by atoms with van der Waals surface area (Å²) in [5.41, 5.74) is 2.83. The number of aromatic nitrogens is 2. The number of aryl methyl sites for hydroxylation is 1. The molecule has 2 aromatic heterocycles. The Morgan fingerprint density at radius 1 is 1.17 bits per heavy atom. The second kappa shape index (κ2) is 8.25. The molecule has 0 spiro atoms. The molecule has 0 aliphatic carbocycles. The first-order chi connectivity index (χ1) is 14.0. The Balaban J connectivity index is 1.37. The molecule has 0 radical (unpaired) electrons. The smallest absolute Gasteiger partial charge is 0.261 e. The number of nitrogens with one attached hydrogen (secondary N) is 1. The third-order valence-corrected chi connectivity index (χ3v) is 5.96. The maximum atomic E-state index is 13.1. The molecule has 29 heavy (non-hydrogen) atoms. The first-order valence-corrected chi connectivity index (χ1v) is 10.1. The summed E-state index contributed by atoms with van der Waals surface area (Å²) in [6, 6.07) is 11.4. The summed E-state index contributed by atoms with van der Waals surface area (Å²) in [7, 11) is 0. The second-order valence-electron chi connectivity index (χ2n) is 7.81. The lowest BCUT2D eigenvalue weighted by atomic mass is 9.89. The largest absolute Gasteiger partial charge is 0.335 e. The normalized spacial score (nSPS) is 19.4. The van der Waals surface area contributed by atoms with Crippen LogP contribution in [0.2, 0.25) is 0 Å². The first-order valence-electron chi connectivity index (χ1n) is 10.1. The van der Waals surface area contributed by atoms with E-state index in [1.165, 1.54) is 17.0 Å². The first kappa shape index (κ1) is 19.5. The number of nitrogens with zero attached hydrogens (tertiary/aromatic N) is 2. The van der Waals surface area contributed by atoms with Gasteiger partial charge in [0.15, 0.2) is 5.78 Å². The fraction of sp³-hybridized carbons (Fsp3) is 0.348. The molecule has 1 aromatic carbocycles. The van der Waals surface area contributed by atoms with E-state index in [1.54, 1.807) is 22.7 Å². The van der Waals surface area contributed by atoms with Gasteiger partial charge in [-0.2, -0.15) is 0 Å². The number of Topliss-reactive ketones (excluding diaryl/α,β-unsaturated/α-hetero) is 1. The predicted octanol–water partition coefficient (Wildman–Crippen LogP) is 1.86. The number of quaternary nitrogens is 1. The van der Waals surface area contributed by atoms with Crippen molar-refractivity contribution in [2.24, 2.45) is 5.92 Å². The number of pyridine rings is 1. The van der Waals surface area contributed by atoms with E-state index in [1.807, 2.05) is 25.1 Å². The standard InChI is InChI=1S/C23H24FN3O2/c1-16-20(23(29)27-12-3-2-4-21(27)25-16)11-15-26-13-9-18(10-14-26)22(28)17-5-7-19(24)8-6-17/h2-8,12,18H,9-11,13-15H2,1H3/p+1. The minimum Gasteiger partial charge on any atom is -0.335 e. The van der Waals surface area contributed by atoms with E-state index >= 15 is 0 Å².